The summed E-state index contributed by atoms with van der Waals surface area (Å²) in [5.41, 5.74) is 1.42. The number of ether oxygens (including phenoxy) is 1. The fraction of sp³-hybridized carbons (Fsp3) is 0.278. The molecule has 1 unspecified atom stereocenters. The van der Waals surface area contributed by atoms with Gasteiger partial charge in [0.1, 0.15) is 11.3 Å². The molecule has 0 N–H and O–H groups in total. The number of nitrogens with zero attached hydrogens (tertiary/aromatic N) is 5. The summed E-state index contributed by atoms with van der Waals surface area (Å²) in [5.74, 6) is 0.376. The normalized spacial score (nSPS) is 18.5. The van der Waals surface area contributed by atoms with Crippen LogP contribution in [0.4, 0.5) is 0 Å². The summed E-state index contributed by atoms with van der Waals surface area (Å²) in [5, 5.41) is 8.53. The maximum absolute atomic E-state index is 12.8. The number of hydrogen-bond donors (Lipinski definition) is 0. The molecule has 2 aromatic heterocycles. The van der Waals surface area contributed by atoms with Crippen LogP contribution >= 0.6 is 0 Å². The van der Waals surface area contributed by atoms with Crippen molar-refractivity contribution in [2.75, 3.05) is 6.54 Å². The minimum absolute atomic E-state index is 0.0722. The van der Waals surface area contributed by atoms with Gasteiger partial charge < -0.3 is 9.64 Å². The second-order valence-corrected chi connectivity index (χ2v) is 6.49. The maximum atomic E-state index is 12.8. The number of aromatic nitrogens is 4. The molecule has 1 aromatic carbocycles. The van der Waals surface area contributed by atoms with Gasteiger partial charge in [0, 0.05) is 25.4 Å². The van der Waals surface area contributed by atoms with Crippen molar-refractivity contribution in [3.05, 3.63) is 58.1 Å². The van der Waals surface area contributed by atoms with Gasteiger partial charge >= 0.3 is 0 Å². The Kier molecular flexibility index (Phi) is 3.24. The smallest absolute Gasteiger partial charge is 0.278 e. The number of hydrogen-bond acceptors (Lipinski definition) is 6. The molecule has 130 valence electrons. The lowest BCUT2D eigenvalue weighted by Crippen LogP contribution is -2.43. The van der Waals surface area contributed by atoms with Crippen LogP contribution in [0.15, 0.2) is 41.5 Å². The van der Waals surface area contributed by atoms with Gasteiger partial charge in [-0.15, -0.1) is 5.10 Å². The summed E-state index contributed by atoms with van der Waals surface area (Å²) in [7, 11) is 0. The predicted octanol–water partition coefficient (Wildman–Crippen LogP) is 1.19. The molecule has 4 heterocycles. The first kappa shape index (κ1) is 15.0. The summed E-state index contributed by atoms with van der Waals surface area (Å²) in [6, 6.07) is 6.89. The summed E-state index contributed by atoms with van der Waals surface area (Å²) in [6.07, 6.45) is 4.84. The zero-order chi connectivity index (χ0) is 17.7. The van der Waals surface area contributed by atoms with Gasteiger partial charge in [0.15, 0.2) is 6.23 Å². The average Bonchev–Trinajstić information content (AvgIpc) is 3.13. The third kappa shape index (κ3) is 2.26. The summed E-state index contributed by atoms with van der Waals surface area (Å²) in [4.78, 5) is 31.2. The predicted molar refractivity (Wildman–Crippen MR) is 91.8 cm³/mol. The number of carbonyl (C=O) groups excluding carboxylic acids is 1. The fourth-order valence-corrected chi connectivity index (χ4v) is 3.53. The lowest BCUT2D eigenvalue weighted by molar-refractivity contribution is 0.0295. The molecular formula is C18H15N5O3. The van der Waals surface area contributed by atoms with E-state index in [-0.39, 0.29) is 24.2 Å². The standard InChI is InChI=1S/C18H15N5O3/c24-17-13-7-14-12(8-15(13)26-16-4-2-6-22(16)17)18(25)23(21-20-14)10-11-3-1-5-19-9-11/h1,3,5,7-9,16H,2,4,6,10H2. The van der Waals surface area contributed by atoms with Gasteiger partial charge in [-0.3, -0.25) is 14.6 Å². The highest BCUT2D eigenvalue weighted by atomic mass is 16.5. The molecule has 1 atom stereocenters. The van der Waals surface area contributed by atoms with E-state index in [4.69, 9.17) is 4.74 Å². The van der Waals surface area contributed by atoms with Crippen LogP contribution in [0.5, 0.6) is 5.75 Å². The number of fused-ring (bicyclic) bond motifs is 3. The lowest BCUT2D eigenvalue weighted by atomic mass is 10.1. The molecule has 1 saturated heterocycles. The molecule has 26 heavy (non-hydrogen) atoms. The van der Waals surface area contributed by atoms with E-state index in [1.165, 1.54) is 4.68 Å². The van der Waals surface area contributed by atoms with E-state index >= 15 is 0 Å². The highest BCUT2D eigenvalue weighted by Crippen LogP contribution is 2.34. The van der Waals surface area contributed by atoms with Crippen LogP contribution in [-0.4, -0.2) is 43.6 Å². The first-order valence-electron chi connectivity index (χ1n) is 8.49. The van der Waals surface area contributed by atoms with Gasteiger partial charge in [0.2, 0.25) is 0 Å². The van der Waals surface area contributed by atoms with Gasteiger partial charge in [-0.1, -0.05) is 11.3 Å². The summed E-state index contributed by atoms with van der Waals surface area (Å²) < 4.78 is 7.24. The van der Waals surface area contributed by atoms with Gasteiger partial charge in [-0.2, -0.15) is 0 Å². The molecule has 2 aliphatic heterocycles. The lowest BCUT2D eigenvalue weighted by Gasteiger charge is -2.31. The molecule has 3 aromatic rings. The highest BCUT2D eigenvalue weighted by Gasteiger charge is 2.37. The van der Waals surface area contributed by atoms with Crippen molar-refractivity contribution in [2.24, 2.45) is 0 Å². The Morgan fingerprint density at radius 1 is 1.27 bits per heavy atom. The average molecular weight is 349 g/mol. The molecule has 1 amide bonds. The second-order valence-electron chi connectivity index (χ2n) is 6.49. The molecule has 0 bridgehead atoms. The van der Waals surface area contributed by atoms with Crippen LogP contribution in [0.3, 0.4) is 0 Å². The van der Waals surface area contributed by atoms with Crippen LogP contribution in [0.2, 0.25) is 0 Å². The van der Waals surface area contributed by atoms with Crippen LogP contribution in [0.1, 0.15) is 28.8 Å². The fourth-order valence-electron chi connectivity index (χ4n) is 3.53. The number of benzene rings is 1. The minimum Gasteiger partial charge on any atom is -0.470 e. The van der Waals surface area contributed by atoms with E-state index in [0.717, 1.165) is 18.4 Å². The Labute approximate surface area is 148 Å². The van der Waals surface area contributed by atoms with Gasteiger partial charge in [-0.05, 0) is 30.2 Å². The van der Waals surface area contributed by atoms with Crippen molar-refractivity contribution in [2.45, 2.75) is 25.6 Å². The van der Waals surface area contributed by atoms with E-state index in [2.05, 4.69) is 15.3 Å². The number of pyridine rings is 1. The Bertz CT molecular complexity index is 1080. The molecule has 0 radical (unpaired) electrons. The summed E-state index contributed by atoms with van der Waals surface area (Å²) >= 11 is 0. The molecular weight excluding hydrogens is 334 g/mol. The first-order valence-corrected chi connectivity index (χ1v) is 8.49. The van der Waals surface area contributed by atoms with E-state index in [1.54, 1.807) is 35.5 Å². The quantitative estimate of drug-likeness (QED) is 0.690. The van der Waals surface area contributed by atoms with Crippen LogP contribution in [0, 0.1) is 0 Å². The molecule has 5 rings (SSSR count). The van der Waals surface area contributed by atoms with E-state index in [0.29, 0.717) is 28.8 Å². The Hall–Kier alpha value is -3.29. The van der Waals surface area contributed by atoms with E-state index in [9.17, 15) is 9.59 Å². The van der Waals surface area contributed by atoms with Crippen LogP contribution in [-0.2, 0) is 6.54 Å². The minimum atomic E-state index is -0.272. The summed E-state index contributed by atoms with van der Waals surface area (Å²) in [6.45, 7) is 0.974. The molecule has 8 nitrogen and oxygen atoms in total. The SMILES string of the molecule is O=C1c2cc3nnn(Cc4cccnc4)c(=O)c3cc2OC2CCCN12. The van der Waals surface area contributed by atoms with Gasteiger partial charge in [0.25, 0.3) is 11.5 Å². The van der Waals surface area contributed by atoms with Crippen molar-refractivity contribution in [3.63, 3.8) is 0 Å². The second kappa shape index (κ2) is 5.62. The van der Waals surface area contributed by atoms with Crippen molar-refractivity contribution in [1.82, 2.24) is 24.9 Å². The number of amides is 1. The molecule has 2 aliphatic rings. The van der Waals surface area contributed by atoms with Crippen molar-refractivity contribution >= 4 is 16.8 Å². The van der Waals surface area contributed by atoms with E-state index in [1.807, 2.05) is 6.07 Å². The molecule has 0 spiro atoms. The van der Waals surface area contributed by atoms with Crippen molar-refractivity contribution < 1.29 is 9.53 Å². The van der Waals surface area contributed by atoms with Crippen molar-refractivity contribution in [3.8, 4) is 5.75 Å². The first-order chi connectivity index (χ1) is 12.7. The molecule has 0 aliphatic carbocycles. The monoisotopic (exact) mass is 349 g/mol. The van der Waals surface area contributed by atoms with Crippen molar-refractivity contribution in [1.29, 1.82) is 0 Å². The maximum Gasteiger partial charge on any atom is 0.278 e. The Balaban J connectivity index is 1.60. The van der Waals surface area contributed by atoms with Crippen LogP contribution in [0.25, 0.3) is 10.9 Å². The Morgan fingerprint density at radius 3 is 3.04 bits per heavy atom. The largest absolute Gasteiger partial charge is 0.470 e. The molecule has 1 fully saturated rings. The topological polar surface area (TPSA) is 90.2 Å². The van der Waals surface area contributed by atoms with E-state index < -0.39 is 0 Å². The number of carbonyl (C=O) groups is 1. The van der Waals surface area contributed by atoms with Crippen LogP contribution < -0.4 is 10.3 Å². The molecule has 8 heteroatoms. The Morgan fingerprint density at radius 2 is 2.19 bits per heavy atom. The molecule has 0 saturated carbocycles. The zero-order valence-electron chi connectivity index (χ0n) is 13.8. The highest BCUT2D eigenvalue weighted by molar-refractivity contribution is 6.01. The third-order valence-electron chi connectivity index (χ3n) is 4.83. The third-order valence-corrected chi connectivity index (χ3v) is 4.83. The van der Waals surface area contributed by atoms with Gasteiger partial charge in [-0.25, -0.2) is 4.68 Å². The number of rotatable bonds is 2. The van der Waals surface area contributed by atoms with Gasteiger partial charge in [0.05, 0.1) is 17.5 Å². The zero-order valence-corrected chi connectivity index (χ0v) is 13.8.